The number of nitrogens with one attached hydrogen (secondary N) is 1. The summed E-state index contributed by atoms with van der Waals surface area (Å²) in [6.07, 6.45) is 4.82. The zero-order chi connectivity index (χ0) is 19.7. The predicted octanol–water partition coefficient (Wildman–Crippen LogP) is 3.21. The highest BCUT2D eigenvalue weighted by atomic mass is 32.2. The summed E-state index contributed by atoms with van der Waals surface area (Å²) in [5.41, 5.74) is 11.5. The van der Waals surface area contributed by atoms with E-state index in [0.717, 1.165) is 30.5 Å². The topological polar surface area (TPSA) is 98.7 Å². The number of amides is 1. The number of benzene rings is 1. The number of carbonyl (C=O) groups is 1. The molecule has 3 aromatic rings. The first-order valence-corrected chi connectivity index (χ1v) is 11.0. The number of fused-ring (bicyclic) bond motifs is 1. The number of rotatable bonds is 5. The highest BCUT2D eigenvalue weighted by molar-refractivity contribution is 8.01. The molecular weight excluding hydrogens is 392 g/mol. The lowest BCUT2D eigenvalue weighted by Crippen LogP contribution is -2.32. The minimum atomic E-state index is -0.0175. The van der Waals surface area contributed by atoms with Gasteiger partial charge in [-0.2, -0.15) is 5.10 Å². The maximum atomic E-state index is 12.4. The maximum Gasteiger partial charge on any atom is 0.230 e. The van der Waals surface area contributed by atoms with Crippen molar-refractivity contribution in [1.82, 2.24) is 25.3 Å². The van der Waals surface area contributed by atoms with Gasteiger partial charge in [0.05, 0.1) is 23.7 Å². The average Bonchev–Trinajstić information content (AvgIpc) is 3.29. The molecule has 28 heavy (non-hydrogen) atoms. The monoisotopic (exact) mass is 414 g/mol. The number of hydrogen-bond acceptors (Lipinski definition) is 7. The summed E-state index contributed by atoms with van der Waals surface area (Å²) in [5.74, 6) is 0.280. The largest absolute Gasteiger partial charge is 0.374 e. The van der Waals surface area contributed by atoms with E-state index in [0.29, 0.717) is 15.2 Å². The van der Waals surface area contributed by atoms with Crippen LogP contribution >= 0.6 is 23.1 Å². The Bertz CT molecular complexity index is 1010. The van der Waals surface area contributed by atoms with Gasteiger partial charge in [-0.15, -0.1) is 10.2 Å². The Morgan fingerprint density at radius 1 is 1.39 bits per heavy atom. The molecule has 3 N–H and O–H groups in total. The van der Waals surface area contributed by atoms with Crippen molar-refractivity contribution in [1.29, 1.82) is 0 Å². The summed E-state index contributed by atoms with van der Waals surface area (Å²) in [6.45, 7) is 4.24. The van der Waals surface area contributed by atoms with Gasteiger partial charge in [0, 0.05) is 11.3 Å². The quantitative estimate of drug-likeness (QED) is 0.622. The molecule has 1 amide bonds. The zero-order valence-electron chi connectivity index (χ0n) is 15.8. The Balaban J connectivity index is 1.49. The molecule has 9 heteroatoms. The third-order valence-electron chi connectivity index (χ3n) is 5.07. The number of nitrogens with zero attached hydrogens (tertiary/aromatic N) is 4. The van der Waals surface area contributed by atoms with E-state index in [4.69, 9.17) is 5.73 Å². The molecule has 0 saturated carbocycles. The van der Waals surface area contributed by atoms with Crippen LogP contribution in [-0.2, 0) is 11.2 Å². The maximum absolute atomic E-state index is 12.4. The second-order valence-electron chi connectivity index (χ2n) is 6.88. The molecule has 0 radical (unpaired) electrons. The minimum Gasteiger partial charge on any atom is -0.374 e. The number of thioether (sulfide) groups is 1. The molecule has 146 valence electrons. The molecule has 1 aromatic carbocycles. The summed E-state index contributed by atoms with van der Waals surface area (Å²) in [6, 6.07) is 6.27. The van der Waals surface area contributed by atoms with Crippen molar-refractivity contribution >= 4 is 34.1 Å². The molecule has 7 nitrogen and oxygen atoms in total. The summed E-state index contributed by atoms with van der Waals surface area (Å²) in [4.78, 5) is 12.4. The van der Waals surface area contributed by atoms with Crippen LogP contribution in [0.15, 0.2) is 28.7 Å². The molecule has 4 rings (SSSR count). The molecule has 2 aromatic heterocycles. The molecule has 0 spiro atoms. The number of carbonyl (C=O) groups excluding carboxylic acids is 1. The number of nitrogens with two attached hydrogens (primary N) is 1. The van der Waals surface area contributed by atoms with Crippen LogP contribution in [0, 0.1) is 13.8 Å². The molecule has 0 fully saturated rings. The normalized spacial score (nSPS) is 16.0. The van der Waals surface area contributed by atoms with E-state index < -0.39 is 0 Å². The van der Waals surface area contributed by atoms with Crippen LogP contribution in [0.3, 0.4) is 0 Å². The second-order valence-corrected chi connectivity index (χ2v) is 9.12. The fraction of sp³-hybridized carbons (Fsp3) is 0.368. The molecule has 0 bridgehead atoms. The Morgan fingerprint density at radius 2 is 2.25 bits per heavy atom. The third-order valence-corrected chi connectivity index (χ3v) is 6.96. The predicted molar refractivity (Wildman–Crippen MR) is 112 cm³/mol. The third kappa shape index (κ3) is 3.77. The van der Waals surface area contributed by atoms with Crippen LogP contribution in [0.4, 0.5) is 5.13 Å². The molecule has 1 aliphatic carbocycles. The van der Waals surface area contributed by atoms with Crippen molar-refractivity contribution in [3.8, 4) is 5.69 Å². The van der Waals surface area contributed by atoms with Crippen LogP contribution in [0.5, 0.6) is 0 Å². The van der Waals surface area contributed by atoms with E-state index in [2.05, 4.69) is 52.7 Å². The van der Waals surface area contributed by atoms with Gasteiger partial charge in [0.1, 0.15) is 0 Å². The van der Waals surface area contributed by atoms with Crippen molar-refractivity contribution in [2.75, 3.05) is 11.5 Å². The van der Waals surface area contributed by atoms with Gasteiger partial charge in [-0.05, 0) is 50.3 Å². The number of nitrogen functional groups attached to an aromatic ring is 1. The van der Waals surface area contributed by atoms with Gasteiger partial charge < -0.3 is 11.1 Å². The van der Waals surface area contributed by atoms with Crippen molar-refractivity contribution in [2.45, 2.75) is 43.5 Å². The number of anilines is 1. The highest BCUT2D eigenvalue weighted by Crippen LogP contribution is 2.32. The van der Waals surface area contributed by atoms with E-state index >= 15 is 0 Å². The van der Waals surface area contributed by atoms with Gasteiger partial charge in [0.25, 0.3) is 0 Å². The van der Waals surface area contributed by atoms with Crippen molar-refractivity contribution in [3.63, 3.8) is 0 Å². The Kier molecular flexibility index (Phi) is 5.36. The van der Waals surface area contributed by atoms with Crippen LogP contribution in [-0.4, -0.2) is 31.6 Å². The molecule has 0 unspecified atom stereocenters. The first kappa shape index (κ1) is 18.9. The number of hydrogen-bond donors (Lipinski definition) is 2. The minimum absolute atomic E-state index is 0.00444. The number of aryl methyl sites for hydroxylation is 1. The summed E-state index contributed by atoms with van der Waals surface area (Å²) < 4.78 is 2.74. The van der Waals surface area contributed by atoms with Crippen molar-refractivity contribution in [2.24, 2.45) is 0 Å². The zero-order valence-corrected chi connectivity index (χ0v) is 17.4. The Hall–Kier alpha value is -2.39. The Morgan fingerprint density at radius 3 is 3.04 bits per heavy atom. The van der Waals surface area contributed by atoms with Gasteiger partial charge >= 0.3 is 0 Å². The summed E-state index contributed by atoms with van der Waals surface area (Å²) in [7, 11) is 0. The van der Waals surface area contributed by atoms with Gasteiger partial charge in [-0.3, -0.25) is 4.79 Å². The van der Waals surface area contributed by atoms with Crippen molar-refractivity contribution < 1.29 is 4.79 Å². The molecule has 0 aliphatic heterocycles. The van der Waals surface area contributed by atoms with Gasteiger partial charge in [-0.1, -0.05) is 35.2 Å². The van der Waals surface area contributed by atoms with Crippen LogP contribution in [0.2, 0.25) is 0 Å². The van der Waals surface area contributed by atoms with Crippen LogP contribution in [0.1, 0.15) is 41.3 Å². The van der Waals surface area contributed by atoms with E-state index in [9.17, 15) is 4.79 Å². The smallest absolute Gasteiger partial charge is 0.230 e. The molecular formula is C19H22N6OS2. The summed E-state index contributed by atoms with van der Waals surface area (Å²) in [5, 5.41) is 15.9. The van der Waals surface area contributed by atoms with Gasteiger partial charge in [0.2, 0.25) is 11.0 Å². The highest BCUT2D eigenvalue weighted by Gasteiger charge is 2.26. The molecule has 0 saturated heterocycles. The molecule has 2 heterocycles. The van der Waals surface area contributed by atoms with E-state index in [-0.39, 0.29) is 11.9 Å². The van der Waals surface area contributed by atoms with Crippen LogP contribution < -0.4 is 11.1 Å². The fourth-order valence-corrected chi connectivity index (χ4v) is 4.97. The standard InChI is InChI=1S/C19H22N6OS2/c1-11-5-3-7-15(12(11)2)25-16-8-4-6-14(13(16)9-21-25)22-17(26)10-27-19-24-23-18(20)28-19/h3,5,7,9,14H,4,6,8,10H2,1-2H3,(H2,20,23)(H,22,26)/t14-/m0/s1. The van der Waals surface area contributed by atoms with E-state index in [1.54, 1.807) is 0 Å². The summed E-state index contributed by atoms with van der Waals surface area (Å²) >= 11 is 2.65. The fourth-order valence-electron chi connectivity index (χ4n) is 3.52. The second kappa shape index (κ2) is 7.92. The SMILES string of the molecule is Cc1cccc(-n2ncc3c2CCC[C@@H]3NC(=O)CSc2nnc(N)s2)c1C. The van der Waals surface area contributed by atoms with Crippen LogP contribution in [0.25, 0.3) is 5.69 Å². The lowest BCUT2D eigenvalue weighted by Gasteiger charge is -2.24. The van der Waals surface area contributed by atoms with E-state index in [1.807, 2.05) is 10.9 Å². The van der Waals surface area contributed by atoms with Gasteiger partial charge in [-0.25, -0.2) is 4.68 Å². The first-order chi connectivity index (χ1) is 13.5. The van der Waals surface area contributed by atoms with Gasteiger partial charge in [0.15, 0.2) is 4.34 Å². The Labute approximate surface area is 171 Å². The lowest BCUT2D eigenvalue weighted by molar-refractivity contribution is -0.119. The first-order valence-electron chi connectivity index (χ1n) is 9.17. The van der Waals surface area contributed by atoms with E-state index in [1.165, 1.54) is 39.9 Å². The van der Waals surface area contributed by atoms with Crippen molar-refractivity contribution in [3.05, 3.63) is 46.8 Å². The molecule has 1 atom stereocenters. The number of aromatic nitrogens is 4. The average molecular weight is 415 g/mol. The molecule has 1 aliphatic rings. The lowest BCUT2D eigenvalue weighted by atomic mass is 9.92.